The van der Waals surface area contributed by atoms with Crippen molar-refractivity contribution < 1.29 is 23.6 Å². The van der Waals surface area contributed by atoms with Crippen LogP contribution < -0.4 is 31.5 Å². The van der Waals surface area contributed by atoms with Crippen molar-refractivity contribution in [3.63, 3.8) is 0 Å². The molecule has 5 N–H and O–H groups in total. The number of hydrogen-bond donors (Lipinski definition) is 5. The number of unbranched alkanes of at least 4 members (excludes halogenated alkanes) is 5. The summed E-state index contributed by atoms with van der Waals surface area (Å²) in [5.41, 5.74) is 4.08. The molecule has 8 rings (SSSR count). The molecule has 0 spiro atoms. The largest absolute Gasteiger partial charge is 0.464 e. The van der Waals surface area contributed by atoms with Crippen LogP contribution in [0.15, 0.2) is 71.5 Å². The molecule has 1 atom stereocenters. The summed E-state index contributed by atoms with van der Waals surface area (Å²) < 4.78 is 5.82. The van der Waals surface area contributed by atoms with E-state index in [4.69, 9.17) is 21.0 Å². The van der Waals surface area contributed by atoms with E-state index in [2.05, 4.69) is 64.6 Å². The van der Waals surface area contributed by atoms with Crippen LogP contribution in [0.5, 0.6) is 0 Å². The number of piperidine rings is 1. The van der Waals surface area contributed by atoms with E-state index in [0.717, 1.165) is 129 Å². The number of furan rings is 1. The maximum Gasteiger partial charge on any atom is 0.267 e. The first-order chi connectivity index (χ1) is 32.1. The second-order valence-electron chi connectivity index (χ2n) is 17.1. The predicted molar refractivity (Wildman–Crippen MR) is 262 cm³/mol. The Bertz CT molecular complexity index is 2680. The summed E-state index contributed by atoms with van der Waals surface area (Å²) in [4.78, 5) is 68.6. The van der Waals surface area contributed by atoms with Gasteiger partial charge < -0.3 is 30.6 Å². The number of amides is 4. The van der Waals surface area contributed by atoms with Crippen LogP contribution in [-0.4, -0.2) is 89.3 Å². The monoisotopic (exact) mass is 932 g/mol. The lowest BCUT2D eigenvalue weighted by molar-refractivity contribution is -0.134. The number of para-hydroxylation sites is 1. The van der Waals surface area contributed by atoms with Crippen molar-refractivity contribution in [1.82, 2.24) is 30.5 Å². The Morgan fingerprint density at radius 3 is 2.56 bits per heavy atom. The van der Waals surface area contributed by atoms with Crippen LogP contribution in [0.25, 0.3) is 21.7 Å². The second-order valence-corrected chi connectivity index (χ2v) is 18.5. The number of benzene rings is 3. The Hall–Kier alpha value is -6.10. The van der Waals surface area contributed by atoms with Gasteiger partial charge in [-0.15, -0.1) is 0 Å². The highest BCUT2D eigenvalue weighted by molar-refractivity contribution is 7.17. The Labute approximate surface area is 393 Å². The van der Waals surface area contributed by atoms with Crippen LogP contribution in [0.1, 0.15) is 96.7 Å². The van der Waals surface area contributed by atoms with Gasteiger partial charge in [0.1, 0.15) is 27.9 Å². The van der Waals surface area contributed by atoms with Gasteiger partial charge in [0.15, 0.2) is 5.13 Å². The fourth-order valence-corrected chi connectivity index (χ4v) is 9.68. The molecular weight excluding hydrogens is 876 g/mol. The third-order valence-corrected chi connectivity index (χ3v) is 13.5. The summed E-state index contributed by atoms with van der Waals surface area (Å²) in [6, 6.07) is 17.7. The maximum absolute atomic E-state index is 12.9. The van der Waals surface area contributed by atoms with Gasteiger partial charge in [-0.05, 0) is 93.1 Å². The zero-order valence-corrected chi connectivity index (χ0v) is 39.1. The molecule has 3 aromatic heterocycles. The molecule has 0 aliphatic carbocycles. The molecule has 2 fully saturated rings. The van der Waals surface area contributed by atoms with E-state index < -0.39 is 5.92 Å². The number of thiazole rings is 1. The molecule has 2 saturated heterocycles. The average molecular weight is 934 g/mol. The predicted octanol–water partition coefficient (Wildman–Crippen LogP) is 9.09. The molecule has 0 radical (unpaired) electrons. The van der Waals surface area contributed by atoms with Crippen LogP contribution in [0.4, 0.5) is 28.1 Å². The van der Waals surface area contributed by atoms with E-state index >= 15 is 0 Å². The molecule has 17 heteroatoms. The highest BCUT2D eigenvalue weighted by Gasteiger charge is 2.31. The minimum absolute atomic E-state index is 0.136. The summed E-state index contributed by atoms with van der Waals surface area (Å²) in [5.74, 6) is 1.11. The number of carbonyl (C=O) groups excluding carboxylic acids is 4. The number of nitrogens with one attached hydrogen (secondary N) is 5. The van der Waals surface area contributed by atoms with Crippen LogP contribution in [-0.2, 0) is 14.4 Å². The molecule has 66 heavy (non-hydrogen) atoms. The van der Waals surface area contributed by atoms with Crippen molar-refractivity contribution in [3.8, 4) is 0 Å². The van der Waals surface area contributed by atoms with Crippen molar-refractivity contribution in [3.05, 3.63) is 93.9 Å². The molecule has 5 heterocycles. The molecule has 1 unspecified atom stereocenters. The molecule has 6 aromatic rings. The summed E-state index contributed by atoms with van der Waals surface area (Å²) in [6.45, 7) is 9.94. The van der Waals surface area contributed by atoms with Crippen LogP contribution in [0, 0.1) is 13.8 Å². The number of piperazine rings is 1. The highest BCUT2D eigenvalue weighted by Crippen LogP contribution is 2.38. The number of nitrogens with zero attached hydrogens (tertiary/aromatic N) is 5. The van der Waals surface area contributed by atoms with Gasteiger partial charge in [0.25, 0.3) is 5.91 Å². The van der Waals surface area contributed by atoms with E-state index in [1.165, 1.54) is 11.3 Å². The first kappa shape index (κ1) is 46.4. The van der Waals surface area contributed by atoms with Gasteiger partial charge in [0.2, 0.25) is 17.7 Å². The van der Waals surface area contributed by atoms with Crippen molar-refractivity contribution in [2.75, 3.05) is 66.7 Å². The number of aromatic nitrogens is 3. The molecule has 2 aliphatic rings. The van der Waals surface area contributed by atoms with Crippen molar-refractivity contribution >= 4 is 96.5 Å². The van der Waals surface area contributed by atoms with E-state index in [9.17, 15) is 19.2 Å². The molecule has 346 valence electrons. The van der Waals surface area contributed by atoms with E-state index in [1.807, 2.05) is 44.2 Å². The zero-order valence-electron chi connectivity index (χ0n) is 37.5. The van der Waals surface area contributed by atoms with Gasteiger partial charge >= 0.3 is 0 Å². The van der Waals surface area contributed by atoms with Gasteiger partial charge in [-0.1, -0.05) is 66.5 Å². The second kappa shape index (κ2) is 21.9. The molecule has 4 amide bonds. The molecule has 0 saturated carbocycles. The van der Waals surface area contributed by atoms with Gasteiger partial charge in [0.05, 0.1) is 29.1 Å². The lowest BCUT2D eigenvalue weighted by Crippen LogP contribution is -2.47. The smallest absolute Gasteiger partial charge is 0.267 e. The number of imide groups is 1. The van der Waals surface area contributed by atoms with Crippen molar-refractivity contribution in [2.45, 2.75) is 84.0 Å². The van der Waals surface area contributed by atoms with E-state index in [-0.39, 0.29) is 23.6 Å². The van der Waals surface area contributed by atoms with Crippen LogP contribution >= 0.6 is 22.9 Å². The fourth-order valence-electron chi connectivity index (χ4n) is 8.69. The number of hydrogen-bond acceptors (Lipinski definition) is 13. The zero-order chi connectivity index (χ0) is 46.0. The number of fused-ring (bicyclic) bond motifs is 3. The minimum atomic E-state index is -0.399. The molecule has 0 bridgehead atoms. The Morgan fingerprint density at radius 1 is 0.924 bits per heavy atom. The average Bonchev–Trinajstić information content (AvgIpc) is 3.96. The lowest BCUT2D eigenvalue weighted by Gasteiger charge is -2.35. The lowest BCUT2D eigenvalue weighted by atomic mass is 9.89. The summed E-state index contributed by atoms with van der Waals surface area (Å²) >= 11 is 7.54. The first-order valence-electron chi connectivity index (χ1n) is 23.0. The van der Waals surface area contributed by atoms with Gasteiger partial charge in [-0.2, -0.15) is 0 Å². The Kier molecular flexibility index (Phi) is 15.4. The molecule has 15 nitrogen and oxygen atoms in total. The summed E-state index contributed by atoms with van der Waals surface area (Å²) in [6.07, 6.45) is 11.7. The number of aryl methyl sites for hydroxylation is 2. The summed E-state index contributed by atoms with van der Waals surface area (Å²) in [7, 11) is 0. The minimum Gasteiger partial charge on any atom is -0.464 e. The standard InChI is InChI=1S/C49H57ClN10O5S/c1-31-11-10-12-38(50)46(31)58-48(64)40-29-53-49(66-40)56-41-28-42(55-32(2)54-41)60-25-23-59(24-26-60)22-9-5-6-13-43(61)52-21-8-4-3-7-20-51-34-15-16-35-33(27-34)14-18-39-45(35)37(30-65-39)36-17-19-44(62)57-47(36)63/h10-12,14-16,18,27-30,36,51H,3-9,13,17,19-26H2,1-2H3,(H,52,61)(H,58,64)(H,57,62,63)(H,53,54,55,56). The van der Waals surface area contributed by atoms with Gasteiger partial charge in [-0.3, -0.25) is 29.4 Å². The number of halogens is 1. The fraction of sp³-hybridized carbons (Fsp3) is 0.408. The van der Waals surface area contributed by atoms with E-state index in [1.54, 1.807) is 18.5 Å². The first-order valence-corrected chi connectivity index (χ1v) is 24.2. The number of rotatable bonds is 20. The highest BCUT2D eigenvalue weighted by atomic mass is 35.5. The number of carbonyl (C=O) groups is 4. The number of anilines is 5. The van der Waals surface area contributed by atoms with Crippen molar-refractivity contribution in [1.29, 1.82) is 0 Å². The third kappa shape index (κ3) is 11.8. The van der Waals surface area contributed by atoms with Gasteiger partial charge in [-0.25, -0.2) is 15.0 Å². The third-order valence-electron chi connectivity index (χ3n) is 12.3. The van der Waals surface area contributed by atoms with Crippen LogP contribution in [0.3, 0.4) is 0 Å². The normalized spacial score (nSPS) is 15.6. The quantitative estimate of drug-likeness (QED) is 0.0362. The summed E-state index contributed by atoms with van der Waals surface area (Å²) in [5, 5.41) is 19.3. The maximum atomic E-state index is 12.9. The topological polar surface area (TPSA) is 187 Å². The molecule has 3 aromatic carbocycles. The van der Waals surface area contributed by atoms with Gasteiger partial charge in [0, 0.05) is 74.8 Å². The Balaban J connectivity index is 0.664. The SMILES string of the molecule is Cc1nc(Nc2ncc(C(=O)Nc3c(C)cccc3Cl)s2)cc(N2CCN(CCCCCC(=O)NCCCCCCNc3ccc4c(ccc5occ(C6CCC(=O)NC6=O)c54)c3)CC2)n1. The molecule has 2 aliphatic heterocycles. The van der Waals surface area contributed by atoms with Crippen LogP contribution in [0.2, 0.25) is 5.02 Å². The molecular formula is C49H57ClN10O5S. The van der Waals surface area contributed by atoms with E-state index in [0.29, 0.717) is 58.2 Å². The Morgan fingerprint density at radius 2 is 1.74 bits per heavy atom. The van der Waals surface area contributed by atoms with Crippen molar-refractivity contribution in [2.24, 2.45) is 0 Å².